The molecule has 1 aromatic rings. The van der Waals surface area contributed by atoms with Gasteiger partial charge in [-0.15, -0.1) is 0 Å². The normalized spacial score (nSPS) is 15.5. The van der Waals surface area contributed by atoms with Crippen molar-refractivity contribution in [3.05, 3.63) is 35.4 Å². The molecule has 0 saturated heterocycles. The summed E-state index contributed by atoms with van der Waals surface area (Å²) in [6.07, 6.45) is 0.380. The van der Waals surface area contributed by atoms with Crippen LogP contribution in [-0.4, -0.2) is 29.7 Å². The highest BCUT2D eigenvalue weighted by Gasteiger charge is 2.24. The van der Waals surface area contributed by atoms with E-state index in [1.807, 2.05) is 31.2 Å². The molecule has 0 saturated carbocycles. The molecular formula is C12H15N3O. The maximum atomic E-state index is 11.6. The van der Waals surface area contributed by atoms with Crippen molar-refractivity contribution < 1.29 is 4.79 Å². The Balaban J connectivity index is 2.27. The molecule has 1 aliphatic rings. The molecule has 0 aliphatic carbocycles. The van der Waals surface area contributed by atoms with Crippen molar-refractivity contribution in [1.82, 2.24) is 5.01 Å². The molecule has 0 radical (unpaired) electrons. The Morgan fingerprint density at radius 1 is 1.44 bits per heavy atom. The molecule has 2 rings (SSSR count). The standard InChI is InChI=1S/C12H15N3O/c1-9-4-2-3-5-10(9)11-8-12(16)15(14-11)7-6-13/h2-5H,6-8,13H2,1H3. The van der Waals surface area contributed by atoms with Crippen LogP contribution >= 0.6 is 0 Å². The third-order valence-electron chi connectivity index (χ3n) is 2.64. The first kappa shape index (κ1) is 10.8. The highest BCUT2D eigenvalue weighted by molar-refractivity contribution is 6.14. The van der Waals surface area contributed by atoms with E-state index in [4.69, 9.17) is 5.73 Å². The van der Waals surface area contributed by atoms with Crippen molar-refractivity contribution in [1.29, 1.82) is 0 Å². The number of rotatable bonds is 3. The van der Waals surface area contributed by atoms with Crippen LogP contribution in [0.15, 0.2) is 29.4 Å². The summed E-state index contributed by atoms with van der Waals surface area (Å²) in [5, 5.41) is 5.77. The average molecular weight is 217 g/mol. The fourth-order valence-electron chi connectivity index (χ4n) is 1.81. The molecule has 0 bridgehead atoms. The van der Waals surface area contributed by atoms with Crippen LogP contribution in [0.3, 0.4) is 0 Å². The van der Waals surface area contributed by atoms with Crippen LogP contribution in [0.25, 0.3) is 0 Å². The minimum Gasteiger partial charge on any atom is -0.329 e. The van der Waals surface area contributed by atoms with Crippen LogP contribution in [0, 0.1) is 6.92 Å². The number of benzene rings is 1. The molecule has 84 valence electrons. The topological polar surface area (TPSA) is 58.7 Å². The lowest BCUT2D eigenvalue weighted by Crippen LogP contribution is -2.26. The van der Waals surface area contributed by atoms with Crippen molar-refractivity contribution in [2.24, 2.45) is 10.8 Å². The SMILES string of the molecule is Cc1ccccc1C1=NN(CCN)C(=O)C1. The zero-order valence-corrected chi connectivity index (χ0v) is 9.31. The van der Waals surface area contributed by atoms with E-state index in [2.05, 4.69) is 5.10 Å². The lowest BCUT2D eigenvalue weighted by molar-refractivity contribution is -0.128. The third kappa shape index (κ3) is 1.97. The van der Waals surface area contributed by atoms with Crippen LogP contribution < -0.4 is 5.73 Å². The van der Waals surface area contributed by atoms with Gasteiger partial charge in [0.25, 0.3) is 0 Å². The second-order valence-electron chi connectivity index (χ2n) is 3.84. The lowest BCUT2D eigenvalue weighted by Gasteiger charge is -2.08. The number of hydrazone groups is 1. The van der Waals surface area contributed by atoms with Gasteiger partial charge < -0.3 is 5.73 Å². The molecule has 4 heteroatoms. The Hall–Kier alpha value is -1.68. The molecule has 1 aliphatic heterocycles. The molecule has 2 N–H and O–H groups in total. The van der Waals surface area contributed by atoms with Gasteiger partial charge in [0.05, 0.1) is 18.7 Å². The summed E-state index contributed by atoms with van der Waals surface area (Å²) in [5.74, 6) is 0.0312. The smallest absolute Gasteiger partial charge is 0.248 e. The van der Waals surface area contributed by atoms with Gasteiger partial charge in [-0.25, -0.2) is 5.01 Å². The number of carbonyl (C=O) groups is 1. The lowest BCUT2D eigenvalue weighted by atomic mass is 10.0. The minimum atomic E-state index is 0.0312. The molecule has 1 amide bonds. The van der Waals surface area contributed by atoms with Gasteiger partial charge in [0.1, 0.15) is 0 Å². The molecular weight excluding hydrogens is 202 g/mol. The summed E-state index contributed by atoms with van der Waals surface area (Å²) >= 11 is 0. The van der Waals surface area contributed by atoms with Gasteiger partial charge in [-0.3, -0.25) is 4.79 Å². The fraction of sp³-hybridized carbons (Fsp3) is 0.333. The highest BCUT2D eigenvalue weighted by atomic mass is 16.2. The van der Waals surface area contributed by atoms with Gasteiger partial charge in [-0.05, 0) is 12.5 Å². The Morgan fingerprint density at radius 2 is 2.19 bits per heavy atom. The molecule has 4 nitrogen and oxygen atoms in total. The minimum absolute atomic E-state index is 0.0312. The Bertz CT molecular complexity index is 440. The van der Waals surface area contributed by atoms with Gasteiger partial charge in [-0.2, -0.15) is 5.10 Å². The first-order chi connectivity index (χ1) is 7.72. The molecule has 0 aromatic heterocycles. The van der Waals surface area contributed by atoms with Crippen molar-refractivity contribution in [3.8, 4) is 0 Å². The van der Waals surface area contributed by atoms with Gasteiger partial charge in [0.15, 0.2) is 0 Å². The summed E-state index contributed by atoms with van der Waals surface area (Å²) < 4.78 is 0. The zero-order valence-electron chi connectivity index (χ0n) is 9.31. The quantitative estimate of drug-likeness (QED) is 0.817. The summed E-state index contributed by atoms with van der Waals surface area (Å²) in [7, 11) is 0. The molecule has 0 spiro atoms. The van der Waals surface area contributed by atoms with E-state index in [1.54, 1.807) is 0 Å². The molecule has 0 unspecified atom stereocenters. The van der Waals surface area contributed by atoms with Gasteiger partial charge in [-0.1, -0.05) is 24.3 Å². The maximum Gasteiger partial charge on any atom is 0.248 e. The van der Waals surface area contributed by atoms with Crippen molar-refractivity contribution >= 4 is 11.6 Å². The summed E-state index contributed by atoms with van der Waals surface area (Å²) in [4.78, 5) is 11.6. The molecule has 1 aromatic carbocycles. The molecule has 0 fully saturated rings. The van der Waals surface area contributed by atoms with Gasteiger partial charge in [0, 0.05) is 12.1 Å². The average Bonchev–Trinajstić information content (AvgIpc) is 2.61. The van der Waals surface area contributed by atoms with Crippen LogP contribution in [0.1, 0.15) is 17.5 Å². The van der Waals surface area contributed by atoms with Crippen molar-refractivity contribution in [2.75, 3.05) is 13.1 Å². The number of amides is 1. The molecule has 16 heavy (non-hydrogen) atoms. The number of hydrogen-bond acceptors (Lipinski definition) is 3. The maximum absolute atomic E-state index is 11.6. The van der Waals surface area contributed by atoms with Crippen molar-refractivity contribution in [2.45, 2.75) is 13.3 Å². The summed E-state index contributed by atoms with van der Waals surface area (Å²) in [5.41, 5.74) is 8.46. The van der Waals surface area contributed by atoms with E-state index in [9.17, 15) is 4.79 Å². The highest BCUT2D eigenvalue weighted by Crippen LogP contribution is 2.17. The van der Waals surface area contributed by atoms with E-state index in [0.29, 0.717) is 19.5 Å². The summed E-state index contributed by atoms with van der Waals surface area (Å²) in [6.45, 7) is 2.96. The van der Waals surface area contributed by atoms with Gasteiger partial charge >= 0.3 is 0 Å². The number of aryl methyl sites for hydroxylation is 1. The Labute approximate surface area is 94.7 Å². The predicted octanol–water partition coefficient (Wildman–Crippen LogP) is 0.890. The van der Waals surface area contributed by atoms with E-state index >= 15 is 0 Å². The van der Waals surface area contributed by atoms with Crippen LogP contribution in [0.2, 0.25) is 0 Å². The Kier molecular flexibility index (Phi) is 3.01. The van der Waals surface area contributed by atoms with E-state index in [0.717, 1.165) is 16.8 Å². The Morgan fingerprint density at radius 3 is 2.88 bits per heavy atom. The van der Waals surface area contributed by atoms with Crippen LogP contribution in [0.4, 0.5) is 0 Å². The number of carbonyl (C=O) groups excluding carboxylic acids is 1. The predicted molar refractivity (Wildman–Crippen MR) is 63.1 cm³/mol. The van der Waals surface area contributed by atoms with E-state index in [1.165, 1.54) is 5.01 Å². The molecule has 1 heterocycles. The summed E-state index contributed by atoms with van der Waals surface area (Å²) in [6, 6.07) is 7.95. The number of hydrogen-bond donors (Lipinski definition) is 1. The van der Waals surface area contributed by atoms with Crippen LogP contribution in [-0.2, 0) is 4.79 Å². The first-order valence-electron chi connectivity index (χ1n) is 5.36. The van der Waals surface area contributed by atoms with E-state index in [-0.39, 0.29) is 5.91 Å². The zero-order chi connectivity index (χ0) is 11.5. The second kappa shape index (κ2) is 4.45. The number of nitrogens with two attached hydrogens (primary N) is 1. The number of nitrogens with zero attached hydrogens (tertiary/aromatic N) is 2. The van der Waals surface area contributed by atoms with Crippen molar-refractivity contribution in [3.63, 3.8) is 0 Å². The fourth-order valence-corrected chi connectivity index (χ4v) is 1.81. The van der Waals surface area contributed by atoms with Crippen LogP contribution in [0.5, 0.6) is 0 Å². The monoisotopic (exact) mass is 217 g/mol. The largest absolute Gasteiger partial charge is 0.329 e. The third-order valence-corrected chi connectivity index (χ3v) is 2.64. The second-order valence-corrected chi connectivity index (χ2v) is 3.84. The van der Waals surface area contributed by atoms with E-state index < -0.39 is 0 Å². The molecule has 0 atom stereocenters. The van der Waals surface area contributed by atoms with Gasteiger partial charge in [0.2, 0.25) is 5.91 Å². The first-order valence-corrected chi connectivity index (χ1v) is 5.36.